The molecule has 2 rings (SSSR count). The number of nitrogens with zero attached hydrogens (tertiary/aromatic N) is 1. The minimum atomic E-state index is -0.593. The number of methoxy groups -OCH3 is 1. The van der Waals surface area contributed by atoms with Gasteiger partial charge >= 0.3 is 5.97 Å². The molecule has 4 nitrogen and oxygen atoms in total. The zero-order chi connectivity index (χ0) is 11.7. The Morgan fingerprint density at radius 3 is 2.81 bits per heavy atom. The summed E-state index contributed by atoms with van der Waals surface area (Å²) in [6.45, 7) is 0. The number of esters is 1. The van der Waals surface area contributed by atoms with Gasteiger partial charge in [-0.25, -0.2) is 9.79 Å². The number of amides is 1. The molecule has 0 radical (unpaired) electrons. The van der Waals surface area contributed by atoms with Crippen molar-refractivity contribution in [3.05, 3.63) is 35.4 Å². The van der Waals surface area contributed by atoms with Crippen LogP contribution >= 0.6 is 15.9 Å². The largest absolute Gasteiger partial charge is 0.464 e. The van der Waals surface area contributed by atoms with Gasteiger partial charge in [-0.05, 0) is 11.6 Å². The van der Waals surface area contributed by atoms with E-state index in [4.69, 9.17) is 0 Å². The SMILES string of the molecule is COC(=O)C1=NC(=O)c2ccccc2C1Br. The van der Waals surface area contributed by atoms with E-state index in [1.807, 2.05) is 0 Å². The van der Waals surface area contributed by atoms with E-state index in [0.29, 0.717) is 5.56 Å². The number of alkyl halides is 1. The van der Waals surface area contributed by atoms with Gasteiger partial charge < -0.3 is 4.74 Å². The van der Waals surface area contributed by atoms with Crippen LogP contribution < -0.4 is 0 Å². The van der Waals surface area contributed by atoms with Gasteiger partial charge in [-0.2, -0.15) is 0 Å². The van der Waals surface area contributed by atoms with E-state index in [1.165, 1.54) is 7.11 Å². The number of rotatable bonds is 1. The van der Waals surface area contributed by atoms with Gasteiger partial charge in [0.2, 0.25) is 0 Å². The number of carbonyl (C=O) groups is 2. The van der Waals surface area contributed by atoms with Crippen molar-refractivity contribution in [1.82, 2.24) is 0 Å². The van der Waals surface area contributed by atoms with Crippen molar-refractivity contribution in [3.8, 4) is 0 Å². The van der Waals surface area contributed by atoms with Crippen LogP contribution in [0.3, 0.4) is 0 Å². The van der Waals surface area contributed by atoms with Crippen molar-refractivity contribution in [2.24, 2.45) is 4.99 Å². The molecule has 1 unspecified atom stereocenters. The number of hydrogen-bond acceptors (Lipinski definition) is 3. The summed E-state index contributed by atoms with van der Waals surface area (Å²) < 4.78 is 4.57. The number of ether oxygens (including phenoxy) is 1. The molecule has 0 aromatic heterocycles. The summed E-state index contributed by atoms with van der Waals surface area (Å²) in [5.41, 5.74) is 1.34. The summed E-state index contributed by atoms with van der Waals surface area (Å²) in [5.74, 6) is -1.00. The Hall–Kier alpha value is -1.49. The van der Waals surface area contributed by atoms with Crippen LogP contribution in [0.1, 0.15) is 20.7 Å². The van der Waals surface area contributed by atoms with Crippen LogP contribution in [-0.4, -0.2) is 24.7 Å². The van der Waals surface area contributed by atoms with Gasteiger partial charge in [-0.15, -0.1) is 0 Å². The second-order valence-corrected chi connectivity index (χ2v) is 4.16. The Morgan fingerprint density at radius 1 is 1.44 bits per heavy atom. The van der Waals surface area contributed by atoms with E-state index in [2.05, 4.69) is 25.7 Å². The average Bonchev–Trinajstić information content (AvgIpc) is 2.33. The summed E-state index contributed by atoms with van der Waals surface area (Å²) in [4.78, 5) is 26.4. The molecule has 1 atom stereocenters. The Bertz CT molecular complexity index is 496. The molecule has 1 amide bonds. The number of benzene rings is 1. The minimum absolute atomic E-state index is 0.0891. The molecule has 5 heteroatoms. The molecule has 1 heterocycles. The lowest BCUT2D eigenvalue weighted by atomic mass is 9.98. The first-order valence-corrected chi connectivity index (χ1v) is 5.51. The quantitative estimate of drug-likeness (QED) is 0.584. The van der Waals surface area contributed by atoms with Crippen molar-refractivity contribution in [2.75, 3.05) is 7.11 Å². The number of fused-ring (bicyclic) bond motifs is 1. The Labute approximate surface area is 100 Å². The highest BCUT2D eigenvalue weighted by Gasteiger charge is 2.31. The van der Waals surface area contributed by atoms with Gasteiger partial charge in [-0.1, -0.05) is 34.1 Å². The molecule has 1 aliphatic rings. The molecule has 1 aliphatic heterocycles. The molecule has 1 aromatic rings. The van der Waals surface area contributed by atoms with Crippen molar-refractivity contribution in [3.63, 3.8) is 0 Å². The highest BCUT2D eigenvalue weighted by molar-refractivity contribution is 9.09. The normalized spacial score (nSPS) is 18.8. The van der Waals surface area contributed by atoms with Gasteiger partial charge in [-0.3, -0.25) is 4.79 Å². The first-order chi connectivity index (χ1) is 7.65. The van der Waals surface area contributed by atoms with Gasteiger partial charge in [0.1, 0.15) is 5.71 Å². The molecule has 1 aromatic carbocycles. The zero-order valence-electron chi connectivity index (χ0n) is 8.44. The van der Waals surface area contributed by atoms with E-state index < -0.39 is 16.7 Å². The lowest BCUT2D eigenvalue weighted by Crippen LogP contribution is -2.26. The van der Waals surface area contributed by atoms with Crippen LogP contribution in [0.15, 0.2) is 29.3 Å². The number of halogens is 1. The zero-order valence-corrected chi connectivity index (χ0v) is 10.0. The topological polar surface area (TPSA) is 55.7 Å². The van der Waals surface area contributed by atoms with Crippen LogP contribution in [0.2, 0.25) is 0 Å². The second kappa shape index (κ2) is 4.17. The first-order valence-electron chi connectivity index (χ1n) is 4.59. The van der Waals surface area contributed by atoms with Crippen molar-refractivity contribution in [2.45, 2.75) is 4.83 Å². The van der Waals surface area contributed by atoms with Crippen LogP contribution in [-0.2, 0) is 9.53 Å². The molecule has 0 spiro atoms. The molecule has 0 saturated carbocycles. The van der Waals surface area contributed by atoms with E-state index in [-0.39, 0.29) is 5.71 Å². The smallest absolute Gasteiger partial charge is 0.354 e. The van der Waals surface area contributed by atoms with E-state index in [0.717, 1.165) is 5.56 Å². The molecule has 82 valence electrons. The molecule has 0 fully saturated rings. The molecule has 16 heavy (non-hydrogen) atoms. The van der Waals surface area contributed by atoms with Crippen molar-refractivity contribution in [1.29, 1.82) is 0 Å². The van der Waals surface area contributed by atoms with Crippen LogP contribution in [0.4, 0.5) is 0 Å². The highest BCUT2D eigenvalue weighted by atomic mass is 79.9. The predicted molar refractivity (Wildman–Crippen MR) is 61.9 cm³/mol. The van der Waals surface area contributed by atoms with E-state index in [1.54, 1.807) is 24.3 Å². The second-order valence-electron chi connectivity index (χ2n) is 3.24. The number of aliphatic imine (C=N–C) groups is 1. The van der Waals surface area contributed by atoms with Gasteiger partial charge in [0.05, 0.1) is 11.9 Å². The van der Waals surface area contributed by atoms with Gasteiger partial charge in [0.25, 0.3) is 5.91 Å². The van der Waals surface area contributed by atoms with E-state index in [9.17, 15) is 9.59 Å². The predicted octanol–water partition coefficient (Wildman–Crippen LogP) is 1.89. The monoisotopic (exact) mass is 281 g/mol. The third-order valence-corrected chi connectivity index (χ3v) is 3.25. The molecule has 0 N–H and O–H groups in total. The molecular formula is C11H8BrNO3. The fourth-order valence-corrected chi connectivity index (χ4v) is 2.23. The van der Waals surface area contributed by atoms with Crippen LogP contribution in [0.5, 0.6) is 0 Å². The van der Waals surface area contributed by atoms with Crippen molar-refractivity contribution < 1.29 is 14.3 Å². The maximum atomic E-state index is 11.6. The maximum Gasteiger partial charge on any atom is 0.354 e. The number of hydrogen-bond donors (Lipinski definition) is 0. The molecular weight excluding hydrogens is 274 g/mol. The van der Waals surface area contributed by atoms with E-state index >= 15 is 0 Å². The standard InChI is InChI=1S/C11H8BrNO3/c1-16-11(15)9-8(12)6-4-2-3-5-7(6)10(14)13-9/h2-5,8H,1H3. The summed E-state index contributed by atoms with van der Waals surface area (Å²) in [7, 11) is 1.26. The lowest BCUT2D eigenvalue weighted by molar-refractivity contribution is -0.132. The third-order valence-electron chi connectivity index (χ3n) is 2.32. The fourth-order valence-electron chi connectivity index (χ4n) is 1.54. The summed E-state index contributed by atoms with van der Waals surface area (Å²) in [6.07, 6.45) is 0. The Balaban J connectivity index is 2.51. The Morgan fingerprint density at radius 2 is 2.12 bits per heavy atom. The van der Waals surface area contributed by atoms with Crippen LogP contribution in [0.25, 0.3) is 0 Å². The Kier molecular flexibility index (Phi) is 2.87. The highest BCUT2D eigenvalue weighted by Crippen LogP contribution is 2.32. The minimum Gasteiger partial charge on any atom is -0.464 e. The summed E-state index contributed by atoms with van der Waals surface area (Å²) >= 11 is 3.34. The van der Waals surface area contributed by atoms with Gasteiger partial charge in [0.15, 0.2) is 0 Å². The summed E-state index contributed by atoms with van der Waals surface area (Å²) in [5, 5.41) is 0. The molecule has 0 aliphatic carbocycles. The fraction of sp³-hybridized carbons (Fsp3) is 0.182. The number of carbonyl (C=O) groups excluding carboxylic acids is 2. The summed E-state index contributed by atoms with van der Waals surface area (Å²) in [6, 6.07) is 7.03. The average molecular weight is 282 g/mol. The molecule has 0 bridgehead atoms. The lowest BCUT2D eigenvalue weighted by Gasteiger charge is -2.18. The third kappa shape index (κ3) is 1.67. The maximum absolute atomic E-state index is 11.6. The van der Waals surface area contributed by atoms with Crippen LogP contribution in [0, 0.1) is 0 Å². The van der Waals surface area contributed by atoms with Gasteiger partial charge in [0, 0.05) is 5.56 Å². The molecule has 0 saturated heterocycles. The van der Waals surface area contributed by atoms with Crippen molar-refractivity contribution >= 4 is 33.5 Å². The first kappa shape index (κ1) is 11.0.